The van der Waals surface area contributed by atoms with Crippen molar-refractivity contribution in [3.8, 4) is 17.2 Å². The van der Waals surface area contributed by atoms with Gasteiger partial charge in [-0.2, -0.15) is 5.26 Å². The Kier molecular flexibility index (Phi) is 5.40. The maximum absolute atomic E-state index is 12.6. The van der Waals surface area contributed by atoms with Crippen molar-refractivity contribution in [2.24, 2.45) is 0 Å². The lowest BCUT2D eigenvalue weighted by Gasteiger charge is -2.29. The van der Waals surface area contributed by atoms with E-state index in [9.17, 15) is 25.1 Å². The van der Waals surface area contributed by atoms with Gasteiger partial charge >= 0.3 is 5.97 Å². The molecule has 0 aliphatic carbocycles. The van der Waals surface area contributed by atoms with E-state index in [0.29, 0.717) is 12.0 Å². The second kappa shape index (κ2) is 7.32. The molecule has 25 heavy (non-hydrogen) atoms. The van der Waals surface area contributed by atoms with Gasteiger partial charge in [-0.15, -0.1) is 0 Å². The molecule has 1 aromatic heterocycles. The highest BCUT2D eigenvalue weighted by Gasteiger charge is 2.31. The van der Waals surface area contributed by atoms with Crippen molar-refractivity contribution < 1.29 is 15.0 Å². The van der Waals surface area contributed by atoms with Crippen LogP contribution in [0.3, 0.4) is 0 Å². The fourth-order valence-electron chi connectivity index (χ4n) is 2.78. The molecule has 2 rings (SSSR count). The summed E-state index contributed by atoms with van der Waals surface area (Å²) < 4.78 is 1.45. The second-order valence-electron chi connectivity index (χ2n) is 5.96. The summed E-state index contributed by atoms with van der Waals surface area (Å²) in [5, 5.41) is 28.4. The van der Waals surface area contributed by atoms with Crippen molar-refractivity contribution in [2.75, 3.05) is 6.61 Å². The second-order valence-corrected chi connectivity index (χ2v) is 5.96. The van der Waals surface area contributed by atoms with Crippen molar-refractivity contribution in [1.82, 2.24) is 4.57 Å². The van der Waals surface area contributed by atoms with E-state index in [1.54, 1.807) is 19.1 Å². The Morgan fingerprint density at radius 2 is 1.92 bits per heavy atom. The van der Waals surface area contributed by atoms with Crippen molar-refractivity contribution in [3.05, 3.63) is 58.0 Å². The Morgan fingerprint density at radius 3 is 2.40 bits per heavy atom. The maximum Gasteiger partial charge on any atom is 0.341 e. The number of carbonyl (C=O) groups is 1. The Balaban J connectivity index is 2.79. The third-order valence-electron chi connectivity index (χ3n) is 4.43. The standard InChI is InChI=1S/C19H20N2O4/c1-3-19(12-20,8-9-22)21-10-15(14-6-4-13(2)5-7-14)17(23)16(11-21)18(24)25/h4-7,10-11,22H,3,8-9H2,1-2H3,(H,24,25). The SMILES string of the molecule is CCC(C#N)(CCO)n1cc(C(=O)O)c(=O)c(-c2ccc(C)cc2)c1. The van der Waals surface area contributed by atoms with Crippen LogP contribution >= 0.6 is 0 Å². The highest BCUT2D eigenvalue weighted by molar-refractivity contribution is 5.88. The summed E-state index contributed by atoms with van der Waals surface area (Å²) in [5.41, 5.74) is -0.306. The largest absolute Gasteiger partial charge is 0.477 e. The van der Waals surface area contributed by atoms with Gasteiger partial charge in [-0.3, -0.25) is 4.79 Å². The first-order valence-corrected chi connectivity index (χ1v) is 7.97. The minimum atomic E-state index is -1.35. The molecular formula is C19H20N2O4. The molecule has 1 atom stereocenters. The third-order valence-corrected chi connectivity index (χ3v) is 4.43. The first-order chi connectivity index (χ1) is 11.9. The number of aliphatic hydroxyl groups is 1. The molecule has 1 unspecified atom stereocenters. The van der Waals surface area contributed by atoms with Gasteiger partial charge in [-0.25, -0.2) is 4.79 Å². The maximum atomic E-state index is 12.6. The average Bonchev–Trinajstić information content (AvgIpc) is 2.60. The number of nitrogens with zero attached hydrogens (tertiary/aromatic N) is 2. The zero-order chi connectivity index (χ0) is 18.6. The van der Waals surface area contributed by atoms with E-state index in [4.69, 9.17) is 0 Å². The summed E-state index contributed by atoms with van der Waals surface area (Å²) in [5.74, 6) is -1.35. The van der Waals surface area contributed by atoms with Gasteiger partial charge in [-0.05, 0) is 18.9 Å². The first kappa shape index (κ1) is 18.4. The zero-order valence-electron chi connectivity index (χ0n) is 14.2. The van der Waals surface area contributed by atoms with E-state index in [1.165, 1.54) is 17.0 Å². The number of aryl methyl sites for hydroxylation is 1. The van der Waals surface area contributed by atoms with Crippen LogP contribution in [0.25, 0.3) is 11.1 Å². The normalized spacial score (nSPS) is 13.0. The van der Waals surface area contributed by atoms with Crippen LogP contribution in [0.1, 0.15) is 35.7 Å². The van der Waals surface area contributed by atoms with Crippen LogP contribution in [0.15, 0.2) is 41.5 Å². The molecule has 0 fully saturated rings. The predicted octanol–water partition coefficient (Wildman–Crippen LogP) is 2.53. The number of carboxylic acids is 1. The number of nitriles is 1. The number of benzene rings is 1. The molecule has 6 nitrogen and oxygen atoms in total. The quantitative estimate of drug-likeness (QED) is 0.841. The molecule has 0 radical (unpaired) electrons. The van der Waals surface area contributed by atoms with E-state index in [2.05, 4.69) is 6.07 Å². The lowest BCUT2D eigenvalue weighted by atomic mass is 9.92. The fourth-order valence-corrected chi connectivity index (χ4v) is 2.78. The van der Waals surface area contributed by atoms with Gasteiger partial charge in [0.2, 0.25) is 5.43 Å². The number of hydrogen-bond donors (Lipinski definition) is 2. The molecule has 0 saturated carbocycles. The summed E-state index contributed by atoms with van der Waals surface area (Å²) in [4.78, 5) is 24.1. The predicted molar refractivity (Wildman–Crippen MR) is 93.4 cm³/mol. The summed E-state index contributed by atoms with van der Waals surface area (Å²) in [6.45, 7) is 3.47. The molecule has 0 spiro atoms. The van der Waals surface area contributed by atoms with E-state index < -0.39 is 22.5 Å². The van der Waals surface area contributed by atoms with Crippen LogP contribution in [0.4, 0.5) is 0 Å². The summed E-state index contributed by atoms with van der Waals surface area (Å²) in [7, 11) is 0. The van der Waals surface area contributed by atoms with Gasteiger partial charge in [0.05, 0.1) is 6.07 Å². The summed E-state index contributed by atoms with van der Waals surface area (Å²) in [6.07, 6.45) is 3.18. The van der Waals surface area contributed by atoms with E-state index in [0.717, 1.165) is 5.56 Å². The molecule has 2 aromatic rings. The van der Waals surface area contributed by atoms with E-state index >= 15 is 0 Å². The van der Waals surface area contributed by atoms with Gasteiger partial charge < -0.3 is 14.8 Å². The molecule has 0 aliphatic heterocycles. The number of rotatable bonds is 6. The van der Waals surface area contributed by atoms with Gasteiger partial charge in [-0.1, -0.05) is 36.8 Å². The Morgan fingerprint density at radius 1 is 1.28 bits per heavy atom. The first-order valence-electron chi connectivity index (χ1n) is 7.97. The Hall–Kier alpha value is -2.91. The molecule has 0 bridgehead atoms. The highest BCUT2D eigenvalue weighted by atomic mass is 16.4. The highest BCUT2D eigenvalue weighted by Crippen LogP contribution is 2.27. The van der Waals surface area contributed by atoms with Crippen LogP contribution in [0.5, 0.6) is 0 Å². The molecule has 1 aromatic carbocycles. The summed E-state index contributed by atoms with van der Waals surface area (Å²) >= 11 is 0. The number of hydrogen-bond acceptors (Lipinski definition) is 4. The third kappa shape index (κ3) is 3.47. The Bertz CT molecular complexity index is 878. The molecule has 6 heteroatoms. The average molecular weight is 340 g/mol. The fraction of sp³-hybridized carbons (Fsp3) is 0.316. The minimum absolute atomic E-state index is 0.134. The number of carboxylic acid groups (broad SMARTS) is 1. The van der Waals surface area contributed by atoms with Crippen molar-refractivity contribution in [3.63, 3.8) is 0 Å². The van der Waals surface area contributed by atoms with Gasteiger partial charge in [0.1, 0.15) is 11.1 Å². The Labute approximate surface area is 145 Å². The van der Waals surface area contributed by atoms with Crippen LogP contribution in [-0.2, 0) is 5.54 Å². The van der Waals surface area contributed by atoms with Crippen LogP contribution in [0, 0.1) is 18.3 Å². The lowest BCUT2D eigenvalue weighted by Crippen LogP contribution is -2.34. The van der Waals surface area contributed by atoms with Crippen molar-refractivity contribution in [1.29, 1.82) is 5.26 Å². The molecule has 0 saturated heterocycles. The molecule has 2 N–H and O–H groups in total. The van der Waals surface area contributed by atoms with Crippen molar-refractivity contribution >= 4 is 5.97 Å². The molecule has 0 aliphatic rings. The molecule has 0 amide bonds. The molecular weight excluding hydrogens is 320 g/mol. The number of pyridine rings is 1. The van der Waals surface area contributed by atoms with E-state index in [-0.39, 0.29) is 18.6 Å². The minimum Gasteiger partial charge on any atom is -0.477 e. The van der Waals surface area contributed by atoms with Crippen molar-refractivity contribution in [2.45, 2.75) is 32.2 Å². The number of aliphatic hydroxyl groups excluding tert-OH is 1. The summed E-state index contributed by atoms with van der Waals surface area (Å²) in [6, 6.07) is 9.31. The lowest BCUT2D eigenvalue weighted by molar-refractivity contribution is 0.0694. The van der Waals surface area contributed by atoms with Crippen LogP contribution < -0.4 is 5.43 Å². The number of aromatic carboxylic acids is 1. The topological polar surface area (TPSA) is 103 Å². The van der Waals surface area contributed by atoms with Gasteiger partial charge in [0.15, 0.2) is 0 Å². The van der Waals surface area contributed by atoms with Crippen LogP contribution in [0.2, 0.25) is 0 Å². The van der Waals surface area contributed by atoms with Crippen LogP contribution in [-0.4, -0.2) is 27.4 Å². The van der Waals surface area contributed by atoms with Gasteiger partial charge in [0.25, 0.3) is 0 Å². The molecule has 130 valence electrons. The molecule has 1 heterocycles. The zero-order valence-corrected chi connectivity index (χ0v) is 14.2. The number of aromatic nitrogens is 1. The van der Waals surface area contributed by atoms with Gasteiger partial charge in [0, 0.05) is 31.0 Å². The smallest absolute Gasteiger partial charge is 0.341 e. The monoisotopic (exact) mass is 340 g/mol. The van der Waals surface area contributed by atoms with E-state index in [1.807, 2.05) is 19.1 Å².